The average Bonchev–Trinajstić information content (AvgIpc) is 2.60. The number of para-hydroxylation sites is 1. The van der Waals surface area contributed by atoms with Crippen molar-refractivity contribution in [2.24, 2.45) is 0 Å². The number of rotatable bonds is 5. The molecule has 136 valence electrons. The van der Waals surface area contributed by atoms with Gasteiger partial charge in [0.2, 0.25) is 0 Å². The van der Waals surface area contributed by atoms with E-state index in [1.54, 1.807) is 24.3 Å². The molecule has 0 bridgehead atoms. The lowest BCUT2D eigenvalue weighted by Gasteiger charge is -2.15. The van der Waals surface area contributed by atoms with E-state index in [-0.39, 0.29) is 5.02 Å². The van der Waals surface area contributed by atoms with Gasteiger partial charge in [0.25, 0.3) is 5.91 Å². The number of amides is 1. The molecular weight excluding hydrogens is 371 g/mol. The Bertz CT molecular complexity index is 820. The van der Waals surface area contributed by atoms with E-state index in [1.807, 2.05) is 11.4 Å². The Labute approximate surface area is 152 Å². The van der Waals surface area contributed by atoms with Gasteiger partial charge in [0.1, 0.15) is 0 Å². The highest BCUT2D eigenvalue weighted by Crippen LogP contribution is 2.38. The van der Waals surface area contributed by atoms with Crippen molar-refractivity contribution in [2.75, 3.05) is 11.9 Å². The van der Waals surface area contributed by atoms with Crippen LogP contribution in [0.5, 0.6) is 0 Å². The summed E-state index contributed by atoms with van der Waals surface area (Å²) in [6.45, 7) is -0.750. The molecule has 0 spiro atoms. The first-order valence-electron chi connectivity index (χ1n) is 7.33. The summed E-state index contributed by atoms with van der Waals surface area (Å²) < 4.78 is 43.6. The standard InChI is InChI=1S/C18H13ClF3NO3/c19-14-8-4-7-13(18(20,21)22)17(14)23-15(24)11-26-16(25)10-9-12-5-2-1-3-6-12/h1-10H,11H2,(H,23,24)/b10-9+. The van der Waals surface area contributed by atoms with E-state index in [2.05, 4.69) is 0 Å². The monoisotopic (exact) mass is 383 g/mol. The van der Waals surface area contributed by atoms with Crippen LogP contribution in [0.15, 0.2) is 54.6 Å². The second-order valence-electron chi connectivity index (χ2n) is 5.06. The van der Waals surface area contributed by atoms with Gasteiger partial charge in [-0.2, -0.15) is 13.2 Å². The Kier molecular flexibility index (Phi) is 6.41. The van der Waals surface area contributed by atoms with E-state index in [1.165, 1.54) is 12.1 Å². The topological polar surface area (TPSA) is 55.4 Å². The maximum Gasteiger partial charge on any atom is 0.418 e. The lowest BCUT2D eigenvalue weighted by atomic mass is 10.1. The van der Waals surface area contributed by atoms with Crippen molar-refractivity contribution in [2.45, 2.75) is 6.18 Å². The zero-order valence-corrected chi connectivity index (χ0v) is 14.0. The normalized spacial score (nSPS) is 11.4. The highest BCUT2D eigenvalue weighted by atomic mass is 35.5. The molecular formula is C18H13ClF3NO3. The van der Waals surface area contributed by atoms with Crippen LogP contribution in [0.3, 0.4) is 0 Å². The number of benzene rings is 2. The predicted molar refractivity (Wildman–Crippen MR) is 91.5 cm³/mol. The van der Waals surface area contributed by atoms with Crippen LogP contribution < -0.4 is 5.32 Å². The van der Waals surface area contributed by atoms with Gasteiger partial charge in [-0.15, -0.1) is 0 Å². The number of anilines is 1. The third kappa shape index (κ3) is 5.63. The molecule has 0 atom stereocenters. The summed E-state index contributed by atoms with van der Waals surface area (Å²) in [6, 6.07) is 12.0. The zero-order chi connectivity index (χ0) is 19.2. The molecule has 1 amide bonds. The maximum atomic E-state index is 13.0. The summed E-state index contributed by atoms with van der Waals surface area (Å²) in [7, 11) is 0. The van der Waals surface area contributed by atoms with Crippen molar-refractivity contribution >= 4 is 35.2 Å². The van der Waals surface area contributed by atoms with Gasteiger partial charge in [0, 0.05) is 6.08 Å². The number of hydrogen-bond acceptors (Lipinski definition) is 3. The van der Waals surface area contributed by atoms with Gasteiger partial charge < -0.3 is 10.1 Å². The third-order valence-electron chi connectivity index (χ3n) is 3.14. The van der Waals surface area contributed by atoms with E-state index >= 15 is 0 Å². The summed E-state index contributed by atoms with van der Waals surface area (Å²) >= 11 is 5.73. The fourth-order valence-corrected chi connectivity index (χ4v) is 2.20. The Morgan fingerprint density at radius 2 is 1.77 bits per heavy atom. The molecule has 2 aromatic carbocycles. The second-order valence-corrected chi connectivity index (χ2v) is 5.47. The van der Waals surface area contributed by atoms with Gasteiger partial charge in [-0.05, 0) is 23.8 Å². The molecule has 2 rings (SSSR count). The summed E-state index contributed by atoms with van der Waals surface area (Å²) in [4.78, 5) is 23.4. The molecule has 26 heavy (non-hydrogen) atoms. The minimum Gasteiger partial charge on any atom is -0.452 e. The van der Waals surface area contributed by atoms with Crippen LogP contribution in [0.4, 0.5) is 18.9 Å². The highest BCUT2D eigenvalue weighted by Gasteiger charge is 2.34. The SMILES string of the molecule is O=C(COC(=O)/C=C/c1ccccc1)Nc1c(Cl)cccc1C(F)(F)F. The first-order valence-corrected chi connectivity index (χ1v) is 7.70. The van der Waals surface area contributed by atoms with Crippen LogP contribution in [-0.2, 0) is 20.5 Å². The number of ether oxygens (including phenoxy) is 1. The van der Waals surface area contributed by atoms with Crippen molar-refractivity contribution in [3.63, 3.8) is 0 Å². The highest BCUT2D eigenvalue weighted by molar-refractivity contribution is 6.34. The zero-order valence-electron chi connectivity index (χ0n) is 13.2. The number of hydrogen-bond donors (Lipinski definition) is 1. The molecule has 0 aliphatic rings. The Morgan fingerprint density at radius 3 is 2.42 bits per heavy atom. The number of carbonyl (C=O) groups is 2. The Morgan fingerprint density at radius 1 is 1.08 bits per heavy atom. The molecule has 0 saturated heterocycles. The van der Waals surface area contributed by atoms with E-state index in [9.17, 15) is 22.8 Å². The van der Waals surface area contributed by atoms with Gasteiger partial charge >= 0.3 is 12.1 Å². The molecule has 8 heteroatoms. The number of esters is 1. The fraction of sp³-hybridized carbons (Fsp3) is 0.111. The van der Waals surface area contributed by atoms with E-state index in [4.69, 9.17) is 16.3 Å². The van der Waals surface area contributed by atoms with Crippen LogP contribution in [0.1, 0.15) is 11.1 Å². The lowest BCUT2D eigenvalue weighted by molar-refractivity contribution is -0.142. The van der Waals surface area contributed by atoms with Crippen LogP contribution in [0.2, 0.25) is 5.02 Å². The summed E-state index contributed by atoms with van der Waals surface area (Å²) in [5, 5.41) is 1.75. The molecule has 0 heterocycles. The van der Waals surface area contributed by atoms with Gasteiger partial charge in [0.15, 0.2) is 6.61 Å². The molecule has 0 radical (unpaired) electrons. The fourth-order valence-electron chi connectivity index (χ4n) is 1.98. The van der Waals surface area contributed by atoms with Crippen LogP contribution >= 0.6 is 11.6 Å². The van der Waals surface area contributed by atoms with Crippen molar-refractivity contribution < 1.29 is 27.5 Å². The predicted octanol–water partition coefficient (Wildman–Crippen LogP) is 4.55. The number of carbonyl (C=O) groups excluding carboxylic acids is 2. The van der Waals surface area contributed by atoms with Crippen molar-refractivity contribution in [1.82, 2.24) is 0 Å². The number of nitrogens with one attached hydrogen (secondary N) is 1. The van der Waals surface area contributed by atoms with Crippen molar-refractivity contribution in [1.29, 1.82) is 0 Å². The van der Waals surface area contributed by atoms with E-state index in [0.717, 1.165) is 23.8 Å². The van der Waals surface area contributed by atoms with Gasteiger partial charge in [0.05, 0.1) is 16.3 Å². The average molecular weight is 384 g/mol. The number of halogens is 4. The first kappa shape index (κ1) is 19.5. The minimum absolute atomic E-state index is 0.275. The largest absolute Gasteiger partial charge is 0.452 e. The molecule has 0 fully saturated rings. The lowest BCUT2D eigenvalue weighted by Crippen LogP contribution is -2.22. The number of alkyl halides is 3. The Balaban J connectivity index is 1.96. The van der Waals surface area contributed by atoms with Gasteiger partial charge in [-0.3, -0.25) is 4.79 Å². The summed E-state index contributed by atoms with van der Waals surface area (Å²) in [5.74, 6) is -1.75. The molecule has 0 saturated carbocycles. The molecule has 1 N–H and O–H groups in total. The summed E-state index contributed by atoms with van der Waals surface area (Å²) in [6.07, 6.45) is -2.10. The Hall–Kier alpha value is -2.80. The smallest absolute Gasteiger partial charge is 0.418 e. The van der Waals surface area contributed by atoms with Crippen LogP contribution in [0, 0.1) is 0 Å². The molecule has 0 unspecified atom stereocenters. The van der Waals surface area contributed by atoms with Crippen LogP contribution in [-0.4, -0.2) is 18.5 Å². The van der Waals surface area contributed by atoms with Crippen molar-refractivity contribution in [3.8, 4) is 0 Å². The van der Waals surface area contributed by atoms with Crippen molar-refractivity contribution in [3.05, 3.63) is 70.8 Å². The third-order valence-corrected chi connectivity index (χ3v) is 3.46. The quantitative estimate of drug-likeness (QED) is 0.608. The maximum absolute atomic E-state index is 13.0. The second kappa shape index (κ2) is 8.53. The molecule has 0 aliphatic heterocycles. The molecule has 4 nitrogen and oxygen atoms in total. The minimum atomic E-state index is -4.69. The molecule has 0 aromatic heterocycles. The van der Waals surface area contributed by atoms with E-state index < -0.39 is 35.9 Å². The first-order chi connectivity index (χ1) is 12.3. The van der Waals surface area contributed by atoms with Gasteiger partial charge in [-0.25, -0.2) is 4.79 Å². The molecule has 2 aromatic rings. The van der Waals surface area contributed by atoms with Gasteiger partial charge in [-0.1, -0.05) is 48.0 Å². The summed E-state index contributed by atoms with van der Waals surface area (Å²) in [5.41, 5.74) is -0.920. The van der Waals surface area contributed by atoms with E-state index in [0.29, 0.717) is 0 Å². The molecule has 0 aliphatic carbocycles. The van der Waals surface area contributed by atoms with Crippen LogP contribution in [0.25, 0.3) is 6.08 Å².